The highest BCUT2D eigenvalue weighted by molar-refractivity contribution is 7.98. The number of rotatable bonds is 4. The quantitative estimate of drug-likeness (QED) is 0.299. The van der Waals surface area contributed by atoms with E-state index in [9.17, 15) is 18.4 Å². The van der Waals surface area contributed by atoms with Crippen molar-refractivity contribution in [2.24, 2.45) is 0 Å². The molecule has 3 heterocycles. The van der Waals surface area contributed by atoms with Gasteiger partial charge in [0.1, 0.15) is 17.3 Å². The molecule has 0 amide bonds. The summed E-state index contributed by atoms with van der Waals surface area (Å²) in [7, 11) is 0. The maximum absolute atomic E-state index is 13.7. The van der Waals surface area contributed by atoms with Crippen LogP contribution in [0, 0.1) is 11.3 Å². The fourth-order valence-electron chi connectivity index (χ4n) is 2.87. The van der Waals surface area contributed by atoms with E-state index in [2.05, 4.69) is 15.0 Å². The van der Waals surface area contributed by atoms with Crippen LogP contribution in [0.2, 0.25) is 0 Å². The first-order valence-corrected chi connectivity index (χ1v) is 10.5. The van der Waals surface area contributed by atoms with Crippen molar-refractivity contribution in [3.05, 3.63) is 66.1 Å². The van der Waals surface area contributed by atoms with Gasteiger partial charge in [0.25, 0.3) is 0 Å². The zero-order chi connectivity index (χ0) is 21.3. The largest absolute Gasteiger partial charge is 0.419 e. The van der Waals surface area contributed by atoms with Gasteiger partial charge in [-0.1, -0.05) is 30.0 Å². The first-order valence-electron chi connectivity index (χ1n) is 8.55. The molecule has 30 heavy (non-hydrogen) atoms. The number of hydrogen-bond donors (Lipinski definition) is 0. The van der Waals surface area contributed by atoms with Crippen molar-refractivity contribution >= 4 is 34.7 Å². The van der Waals surface area contributed by atoms with E-state index in [0.717, 1.165) is 22.9 Å². The van der Waals surface area contributed by atoms with E-state index >= 15 is 0 Å². The molecule has 0 saturated carbocycles. The maximum atomic E-state index is 13.7. The van der Waals surface area contributed by atoms with Crippen LogP contribution in [0.4, 0.5) is 13.2 Å². The van der Waals surface area contributed by atoms with E-state index < -0.39 is 11.7 Å². The highest BCUT2D eigenvalue weighted by atomic mass is 32.2. The van der Waals surface area contributed by atoms with E-state index in [1.165, 1.54) is 18.0 Å². The number of fused-ring (bicyclic) bond motifs is 1. The van der Waals surface area contributed by atoms with Gasteiger partial charge in [-0.3, -0.25) is 3.97 Å². The summed E-state index contributed by atoms with van der Waals surface area (Å²) >= 11 is 2.45. The van der Waals surface area contributed by atoms with Gasteiger partial charge in [-0.25, -0.2) is 15.0 Å². The summed E-state index contributed by atoms with van der Waals surface area (Å²) in [6, 6.07) is 14.4. The first kappa shape index (κ1) is 20.3. The number of hydrogen-bond acceptors (Lipinski definition) is 6. The van der Waals surface area contributed by atoms with Crippen molar-refractivity contribution in [3.63, 3.8) is 0 Å². The Bertz CT molecular complexity index is 1260. The zero-order valence-corrected chi connectivity index (χ0v) is 17.0. The highest BCUT2D eigenvalue weighted by Crippen LogP contribution is 2.40. The second-order valence-corrected chi connectivity index (χ2v) is 7.89. The minimum absolute atomic E-state index is 0.172. The van der Waals surface area contributed by atoms with E-state index in [1.807, 2.05) is 36.4 Å². The smallest absolute Gasteiger partial charge is 0.270 e. The third kappa shape index (κ3) is 3.86. The fourth-order valence-corrected chi connectivity index (χ4v) is 4.10. The summed E-state index contributed by atoms with van der Waals surface area (Å²) in [5, 5.41) is 9.92. The van der Waals surface area contributed by atoms with E-state index in [1.54, 1.807) is 22.5 Å². The lowest BCUT2D eigenvalue weighted by molar-refractivity contribution is -0.137. The molecule has 10 heteroatoms. The van der Waals surface area contributed by atoms with Gasteiger partial charge in [0.15, 0.2) is 10.8 Å². The van der Waals surface area contributed by atoms with Gasteiger partial charge in [0.2, 0.25) is 0 Å². The maximum Gasteiger partial charge on any atom is 0.419 e. The summed E-state index contributed by atoms with van der Waals surface area (Å²) in [5.74, 6) is 0. The third-order valence-corrected chi connectivity index (χ3v) is 5.71. The molecule has 0 aliphatic heterocycles. The van der Waals surface area contributed by atoms with Gasteiger partial charge in [0, 0.05) is 28.2 Å². The Hall–Kier alpha value is -3.03. The number of aromatic nitrogens is 4. The Labute approximate surface area is 178 Å². The van der Waals surface area contributed by atoms with Crippen molar-refractivity contribution in [1.82, 2.24) is 18.9 Å². The van der Waals surface area contributed by atoms with Crippen molar-refractivity contribution < 1.29 is 13.2 Å². The van der Waals surface area contributed by atoms with Crippen molar-refractivity contribution in [1.29, 1.82) is 5.26 Å². The van der Waals surface area contributed by atoms with Crippen LogP contribution in [0.25, 0.3) is 22.3 Å². The number of thioether (sulfide) groups is 1. The molecule has 0 aliphatic rings. The Morgan fingerprint density at radius 2 is 1.83 bits per heavy atom. The summed E-state index contributed by atoms with van der Waals surface area (Å²) < 4.78 is 42.7. The molecule has 5 nitrogen and oxygen atoms in total. The average Bonchev–Trinajstić information content (AvgIpc) is 3.10. The zero-order valence-electron chi connectivity index (χ0n) is 15.4. The third-order valence-electron chi connectivity index (χ3n) is 4.19. The predicted molar refractivity (Wildman–Crippen MR) is 110 cm³/mol. The molecule has 0 atom stereocenters. The number of nitriles is 1. The summed E-state index contributed by atoms with van der Waals surface area (Å²) in [5.41, 5.74) is -0.310. The Balaban J connectivity index is 1.98. The second kappa shape index (κ2) is 8.01. The highest BCUT2D eigenvalue weighted by Gasteiger charge is 2.36. The lowest BCUT2D eigenvalue weighted by Gasteiger charge is -2.11. The fraction of sp³-hybridized carbons (Fsp3) is 0.100. The summed E-state index contributed by atoms with van der Waals surface area (Å²) in [6.45, 7) is 0. The van der Waals surface area contributed by atoms with Crippen molar-refractivity contribution in [2.75, 3.05) is 6.26 Å². The molecule has 4 rings (SSSR count). The van der Waals surface area contributed by atoms with Crippen LogP contribution in [-0.2, 0) is 6.18 Å². The lowest BCUT2D eigenvalue weighted by atomic mass is 10.1. The summed E-state index contributed by atoms with van der Waals surface area (Å²) in [6.07, 6.45) is -0.550. The molecule has 3 aromatic heterocycles. The van der Waals surface area contributed by atoms with E-state index in [0.29, 0.717) is 11.0 Å². The van der Waals surface area contributed by atoms with Crippen molar-refractivity contribution in [2.45, 2.75) is 16.2 Å². The van der Waals surface area contributed by atoms with Crippen LogP contribution in [0.3, 0.4) is 0 Å². The van der Waals surface area contributed by atoms with E-state index in [-0.39, 0.29) is 22.1 Å². The topological polar surface area (TPSA) is 67.4 Å². The minimum atomic E-state index is -4.62. The molecular weight excluding hydrogens is 431 g/mol. The normalized spacial score (nSPS) is 11.6. The van der Waals surface area contributed by atoms with Crippen LogP contribution in [0.15, 0.2) is 64.9 Å². The van der Waals surface area contributed by atoms with E-state index in [4.69, 9.17) is 0 Å². The van der Waals surface area contributed by atoms with Gasteiger partial charge in [-0.05, 0) is 42.5 Å². The molecule has 0 unspecified atom stereocenters. The Morgan fingerprint density at radius 3 is 2.50 bits per heavy atom. The van der Waals surface area contributed by atoms with Crippen LogP contribution in [-0.4, -0.2) is 25.2 Å². The van der Waals surface area contributed by atoms with Gasteiger partial charge in [0.05, 0.1) is 5.69 Å². The lowest BCUT2D eigenvalue weighted by Crippen LogP contribution is -2.10. The molecule has 0 radical (unpaired) electrons. The molecule has 150 valence electrons. The van der Waals surface area contributed by atoms with Gasteiger partial charge in [-0.2, -0.15) is 18.4 Å². The number of alkyl halides is 3. The first-order chi connectivity index (χ1) is 14.4. The Morgan fingerprint density at radius 1 is 1.07 bits per heavy atom. The number of benzene rings is 1. The van der Waals surface area contributed by atoms with Crippen molar-refractivity contribution in [3.8, 4) is 17.3 Å². The SMILES string of the molecule is CSc1ncc(C(F)(F)F)c(-c2cn(Sc3ccccc3)c3nc(C#N)ccc23)n1. The molecular formula is C20H12F3N5S2. The predicted octanol–water partition coefficient (Wildman–Crippen LogP) is 5.66. The second-order valence-electron chi connectivity index (χ2n) is 6.07. The molecule has 1 aromatic carbocycles. The number of pyridine rings is 1. The molecule has 0 saturated heterocycles. The molecule has 0 fully saturated rings. The van der Waals surface area contributed by atoms with Crippen LogP contribution in [0.1, 0.15) is 11.3 Å². The van der Waals surface area contributed by atoms with Crippen LogP contribution < -0.4 is 0 Å². The molecule has 0 spiro atoms. The van der Waals surface area contributed by atoms with Gasteiger partial charge < -0.3 is 0 Å². The average molecular weight is 443 g/mol. The molecule has 0 aliphatic carbocycles. The molecule has 0 bridgehead atoms. The van der Waals surface area contributed by atoms with Gasteiger partial charge >= 0.3 is 6.18 Å². The molecule has 0 N–H and O–H groups in total. The number of nitrogens with zero attached hydrogens (tertiary/aromatic N) is 5. The monoisotopic (exact) mass is 443 g/mol. The standard InChI is InChI=1S/C20H12F3N5S2/c1-29-19-25-10-16(20(21,22)23)17(27-19)15-11-28(30-13-5-3-2-4-6-13)18-14(15)8-7-12(9-24)26-18/h2-8,10-11H,1H3. The summed E-state index contributed by atoms with van der Waals surface area (Å²) in [4.78, 5) is 13.1. The van der Waals surface area contributed by atoms with Crippen LogP contribution >= 0.6 is 23.7 Å². The number of halogens is 3. The minimum Gasteiger partial charge on any atom is -0.270 e. The van der Waals surface area contributed by atoms with Gasteiger partial charge in [-0.15, -0.1) is 0 Å². The van der Waals surface area contributed by atoms with Crippen LogP contribution in [0.5, 0.6) is 0 Å². The molecule has 4 aromatic rings. The Kier molecular flexibility index (Phi) is 5.40.